The molecule has 4 nitrogen and oxygen atoms in total. The molecule has 0 aromatic heterocycles. The van der Waals surface area contributed by atoms with Crippen LogP contribution in [0.5, 0.6) is 0 Å². The third-order valence-corrected chi connectivity index (χ3v) is 4.08. The van der Waals surface area contributed by atoms with Crippen molar-refractivity contribution >= 4 is 6.03 Å². The summed E-state index contributed by atoms with van der Waals surface area (Å²) >= 11 is 0. The van der Waals surface area contributed by atoms with Crippen molar-refractivity contribution in [1.29, 1.82) is 0 Å². The van der Waals surface area contributed by atoms with E-state index in [4.69, 9.17) is 0 Å². The van der Waals surface area contributed by atoms with Crippen molar-refractivity contribution in [2.75, 3.05) is 6.54 Å². The summed E-state index contributed by atoms with van der Waals surface area (Å²) in [4.78, 5) is 12.0. The molecule has 0 aliphatic carbocycles. The molecule has 3 N–H and O–H groups in total. The van der Waals surface area contributed by atoms with Crippen molar-refractivity contribution < 1.29 is 14.3 Å². The molecule has 0 aliphatic rings. The van der Waals surface area contributed by atoms with Crippen molar-refractivity contribution in [1.82, 2.24) is 10.6 Å². The zero-order valence-electron chi connectivity index (χ0n) is 14.6. The number of aliphatic hydroxyl groups is 1. The molecular formula is C20H25FN2O2. The largest absolute Gasteiger partial charge is 0.393 e. The number of nitrogens with one attached hydrogen (secondary N) is 2. The number of benzene rings is 2. The molecule has 2 unspecified atom stereocenters. The van der Waals surface area contributed by atoms with Gasteiger partial charge in [-0.2, -0.15) is 0 Å². The number of carbonyl (C=O) groups is 1. The molecule has 0 heterocycles. The maximum atomic E-state index is 13.3. The highest BCUT2D eigenvalue weighted by Gasteiger charge is 2.15. The van der Waals surface area contributed by atoms with E-state index < -0.39 is 6.10 Å². The van der Waals surface area contributed by atoms with Crippen molar-refractivity contribution in [2.24, 2.45) is 0 Å². The van der Waals surface area contributed by atoms with E-state index in [1.807, 2.05) is 30.3 Å². The normalized spacial score (nSPS) is 13.1. The average molecular weight is 344 g/mol. The highest BCUT2D eigenvalue weighted by Crippen LogP contribution is 2.20. The molecule has 5 heteroatoms. The Bertz CT molecular complexity index is 689. The van der Waals surface area contributed by atoms with E-state index in [0.717, 1.165) is 11.1 Å². The van der Waals surface area contributed by atoms with Crippen molar-refractivity contribution in [3.8, 4) is 0 Å². The van der Waals surface area contributed by atoms with Gasteiger partial charge in [-0.25, -0.2) is 9.18 Å². The van der Waals surface area contributed by atoms with Gasteiger partial charge in [0.25, 0.3) is 0 Å². The first-order chi connectivity index (χ1) is 12.0. The molecule has 134 valence electrons. The molecule has 2 amide bonds. The predicted molar refractivity (Wildman–Crippen MR) is 96.9 cm³/mol. The Balaban J connectivity index is 1.86. The maximum Gasteiger partial charge on any atom is 0.315 e. The molecule has 2 rings (SSSR count). The number of hydrogen-bond donors (Lipinski definition) is 3. The van der Waals surface area contributed by atoms with Gasteiger partial charge >= 0.3 is 6.03 Å². The quantitative estimate of drug-likeness (QED) is 0.720. The summed E-state index contributed by atoms with van der Waals surface area (Å²) in [6.07, 6.45) is 0.124. The Hall–Kier alpha value is -2.40. The van der Waals surface area contributed by atoms with Crippen LogP contribution < -0.4 is 10.6 Å². The molecule has 0 fully saturated rings. The van der Waals surface area contributed by atoms with Gasteiger partial charge < -0.3 is 15.7 Å². The SMILES string of the molecule is Cc1cc(CNC(=O)NCC(CC(C)O)c2ccccc2)ccc1F. The van der Waals surface area contributed by atoms with Crippen LogP contribution >= 0.6 is 0 Å². The van der Waals surface area contributed by atoms with Crippen LogP contribution in [0.3, 0.4) is 0 Å². The summed E-state index contributed by atoms with van der Waals surface area (Å²) in [5.41, 5.74) is 2.48. The fourth-order valence-electron chi connectivity index (χ4n) is 2.75. The monoisotopic (exact) mass is 344 g/mol. The van der Waals surface area contributed by atoms with Gasteiger partial charge in [-0.15, -0.1) is 0 Å². The minimum atomic E-state index is -0.447. The highest BCUT2D eigenvalue weighted by atomic mass is 19.1. The molecule has 25 heavy (non-hydrogen) atoms. The van der Waals surface area contributed by atoms with Gasteiger partial charge in [-0.3, -0.25) is 0 Å². The third-order valence-electron chi connectivity index (χ3n) is 4.08. The zero-order valence-corrected chi connectivity index (χ0v) is 14.6. The lowest BCUT2D eigenvalue weighted by atomic mass is 9.93. The van der Waals surface area contributed by atoms with Crippen LogP contribution in [0.1, 0.15) is 36.0 Å². The van der Waals surface area contributed by atoms with E-state index in [-0.39, 0.29) is 17.8 Å². The summed E-state index contributed by atoms with van der Waals surface area (Å²) in [5.74, 6) is -0.211. The lowest BCUT2D eigenvalue weighted by Gasteiger charge is -2.20. The number of urea groups is 1. The Morgan fingerprint density at radius 2 is 1.88 bits per heavy atom. The number of carbonyl (C=O) groups excluding carboxylic acids is 1. The summed E-state index contributed by atoms with van der Waals surface area (Å²) in [5, 5.41) is 15.3. The second-order valence-corrected chi connectivity index (χ2v) is 6.34. The molecule has 0 saturated heterocycles. The molecule has 0 aliphatic heterocycles. The first-order valence-corrected chi connectivity index (χ1v) is 8.45. The minimum Gasteiger partial charge on any atom is -0.393 e. The predicted octanol–water partition coefficient (Wildman–Crippen LogP) is 3.49. The van der Waals surface area contributed by atoms with E-state index in [9.17, 15) is 14.3 Å². The molecule has 0 spiro atoms. The van der Waals surface area contributed by atoms with Crippen molar-refractivity contribution in [2.45, 2.75) is 38.8 Å². The van der Waals surface area contributed by atoms with Gasteiger partial charge in [0.2, 0.25) is 0 Å². The van der Waals surface area contributed by atoms with Crippen molar-refractivity contribution in [3.63, 3.8) is 0 Å². The fraction of sp³-hybridized carbons (Fsp3) is 0.350. The summed E-state index contributed by atoms with van der Waals surface area (Å²) in [7, 11) is 0. The van der Waals surface area contributed by atoms with Gasteiger partial charge in [0.15, 0.2) is 0 Å². The van der Waals surface area contributed by atoms with Crippen molar-refractivity contribution in [3.05, 3.63) is 71.0 Å². The Labute approximate surface area is 148 Å². The minimum absolute atomic E-state index is 0.0417. The Morgan fingerprint density at radius 1 is 1.16 bits per heavy atom. The van der Waals surface area contributed by atoms with E-state index in [2.05, 4.69) is 10.6 Å². The maximum absolute atomic E-state index is 13.3. The zero-order chi connectivity index (χ0) is 18.2. The summed E-state index contributed by atoms with van der Waals surface area (Å²) in [6.45, 7) is 4.20. The van der Waals surface area contributed by atoms with Crippen LogP contribution in [0, 0.1) is 12.7 Å². The van der Waals surface area contributed by atoms with Crippen LogP contribution in [0.4, 0.5) is 9.18 Å². The second kappa shape index (κ2) is 9.18. The highest BCUT2D eigenvalue weighted by molar-refractivity contribution is 5.73. The average Bonchev–Trinajstić information content (AvgIpc) is 2.60. The summed E-state index contributed by atoms with van der Waals surface area (Å²) < 4.78 is 13.3. The molecular weight excluding hydrogens is 319 g/mol. The van der Waals surface area contributed by atoms with Crippen LogP contribution in [0.2, 0.25) is 0 Å². The first-order valence-electron chi connectivity index (χ1n) is 8.45. The number of halogens is 1. The van der Waals surface area contributed by atoms with E-state index in [1.165, 1.54) is 6.07 Å². The molecule has 0 radical (unpaired) electrons. The van der Waals surface area contributed by atoms with Gasteiger partial charge in [-0.05, 0) is 43.0 Å². The van der Waals surface area contributed by atoms with E-state index in [1.54, 1.807) is 26.0 Å². The molecule has 2 aromatic rings. The lowest BCUT2D eigenvalue weighted by Crippen LogP contribution is -2.37. The molecule has 0 bridgehead atoms. The van der Waals surface area contributed by atoms with E-state index >= 15 is 0 Å². The summed E-state index contributed by atoms with van der Waals surface area (Å²) in [6, 6.07) is 14.3. The number of aliphatic hydroxyl groups excluding tert-OH is 1. The number of hydrogen-bond acceptors (Lipinski definition) is 2. The lowest BCUT2D eigenvalue weighted by molar-refractivity contribution is 0.173. The van der Waals surface area contributed by atoms with Crippen LogP contribution in [0.15, 0.2) is 48.5 Å². The van der Waals surface area contributed by atoms with Gasteiger partial charge in [-0.1, -0.05) is 42.5 Å². The van der Waals surface area contributed by atoms with Gasteiger partial charge in [0.05, 0.1) is 6.10 Å². The van der Waals surface area contributed by atoms with Crippen LogP contribution in [-0.4, -0.2) is 23.8 Å². The fourth-order valence-corrected chi connectivity index (χ4v) is 2.75. The number of rotatable bonds is 7. The molecule has 2 aromatic carbocycles. The standard InChI is InChI=1S/C20H25FN2O2/c1-14-10-16(8-9-19(14)21)12-22-20(25)23-13-18(11-15(2)24)17-6-4-3-5-7-17/h3-10,15,18,24H,11-13H2,1-2H3,(H2,22,23,25). The topological polar surface area (TPSA) is 61.4 Å². The van der Waals surface area contributed by atoms with Gasteiger partial charge in [0, 0.05) is 19.0 Å². The number of aryl methyl sites for hydroxylation is 1. The number of amides is 2. The Morgan fingerprint density at radius 3 is 2.52 bits per heavy atom. The van der Waals surface area contributed by atoms with Crippen LogP contribution in [0.25, 0.3) is 0 Å². The third kappa shape index (κ3) is 6.19. The Kier molecular flexibility index (Phi) is 6.95. The molecule has 2 atom stereocenters. The van der Waals surface area contributed by atoms with E-state index in [0.29, 0.717) is 25.1 Å². The van der Waals surface area contributed by atoms with Gasteiger partial charge in [0.1, 0.15) is 5.82 Å². The second-order valence-electron chi connectivity index (χ2n) is 6.34. The van der Waals surface area contributed by atoms with Crippen LogP contribution in [-0.2, 0) is 6.54 Å². The smallest absolute Gasteiger partial charge is 0.315 e. The first kappa shape index (κ1) is 18.9. The molecule has 0 saturated carbocycles.